The molecule has 0 spiro atoms. The van der Waals surface area contributed by atoms with Crippen molar-refractivity contribution in [1.29, 1.82) is 0 Å². The number of fused-ring (bicyclic) bond motifs is 5. The lowest BCUT2D eigenvalue weighted by molar-refractivity contribution is -0.485. The van der Waals surface area contributed by atoms with Gasteiger partial charge in [0.2, 0.25) is 0 Å². The molecule has 1 unspecified atom stereocenters. The lowest BCUT2D eigenvalue weighted by Crippen LogP contribution is -2.57. The average Bonchev–Trinajstić information content (AvgIpc) is 3.11. The molecule has 4 rings (SSSR count). The van der Waals surface area contributed by atoms with E-state index in [-0.39, 0.29) is 23.4 Å². The van der Waals surface area contributed by atoms with Crippen molar-refractivity contribution in [2.75, 3.05) is 0 Å². The molecule has 0 bridgehead atoms. The Kier molecular flexibility index (Phi) is 7.70. The van der Waals surface area contributed by atoms with Gasteiger partial charge >= 0.3 is 5.97 Å². The number of hydrogen-bond donors (Lipinski definition) is 0. The number of esters is 1. The van der Waals surface area contributed by atoms with Crippen LogP contribution >= 0.6 is 0 Å². The van der Waals surface area contributed by atoms with E-state index < -0.39 is 5.03 Å². The van der Waals surface area contributed by atoms with E-state index in [0.717, 1.165) is 42.7 Å². The van der Waals surface area contributed by atoms with Crippen LogP contribution < -0.4 is 0 Å². The van der Waals surface area contributed by atoms with Crippen LogP contribution in [0, 0.1) is 62.4 Å². The first-order valence-corrected chi connectivity index (χ1v) is 14.3. The van der Waals surface area contributed by atoms with Crippen LogP contribution in [0.25, 0.3) is 0 Å². The van der Waals surface area contributed by atoms with Crippen LogP contribution in [0.5, 0.6) is 0 Å². The average molecular weight is 489 g/mol. The maximum atomic E-state index is 11.6. The van der Waals surface area contributed by atoms with Gasteiger partial charge in [0.1, 0.15) is 6.10 Å². The van der Waals surface area contributed by atoms with E-state index in [9.17, 15) is 14.9 Å². The van der Waals surface area contributed by atoms with Crippen molar-refractivity contribution in [3.8, 4) is 0 Å². The Morgan fingerprint density at radius 3 is 2.43 bits per heavy atom. The van der Waals surface area contributed by atoms with Crippen LogP contribution in [0.15, 0.2) is 5.10 Å². The molecule has 6 nitrogen and oxygen atoms in total. The molecular weight excluding hydrogens is 440 g/mol. The summed E-state index contributed by atoms with van der Waals surface area (Å²) < 4.78 is 5.58. The standard InChI is InChI=1S/C29H48N2O4/c1-18(2)8-7-9-19(3)23-10-11-24-22-17-27(30-31(33)34)26-16-21(35-20(4)32)12-14-29(26,6)25(22)13-15-28(23,24)5/h18-19,21-26H,7-17H2,1-6H3/b30-27+/t19?,21-,22-,23+,24-,25-,26+,28+,29+/m0/s1. The van der Waals surface area contributed by atoms with Crippen molar-refractivity contribution in [3.63, 3.8) is 0 Å². The highest BCUT2D eigenvalue weighted by molar-refractivity contribution is 5.88. The third-order valence-electron chi connectivity index (χ3n) is 11.2. The third-order valence-corrected chi connectivity index (χ3v) is 11.2. The van der Waals surface area contributed by atoms with Crippen LogP contribution in [0.2, 0.25) is 0 Å². The summed E-state index contributed by atoms with van der Waals surface area (Å²) >= 11 is 0. The van der Waals surface area contributed by atoms with Gasteiger partial charge in [0.15, 0.2) is 5.03 Å². The third kappa shape index (κ3) is 5.05. The fourth-order valence-electron chi connectivity index (χ4n) is 9.61. The molecule has 0 saturated heterocycles. The molecule has 0 radical (unpaired) electrons. The highest BCUT2D eigenvalue weighted by Crippen LogP contribution is 2.68. The fraction of sp³-hybridized carbons (Fsp3) is 0.931. The number of rotatable bonds is 7. The quantitative estimate of drug-likeness (QED) is 0.214. The molecule has 198 valence electrons. The summed E-state index contributed by atoms with van der Waals surface area (Å²) in [5, 5.41) is 15.1. The lowest BCUT2D eigenvalue weighted by Gasteiger charge is -2.61. The molecule has 0 aromatic carbocycles. The van der Waals surface area contributed by atoms with Crippen molar-refractivity contribution >= 4 is 11.7 Å². The Morgan fingerprint density at radius 1 is 1.09 bits per heavy atom. The largest absolute Gasteiger partial charge is 0.463 e. The Balaban J connectivity index is 1.57. The molecule has 0 N–H and O–H groups in total. The van der Waals surface area contributed by atoms with Crippen LogP contribution in [0.3, 0.4) is 0 Å². The van der Waals surface area contributed by atoms with E-state index in [1.54, 1.807) is 0 Å². The minimum atomic E-state index is -0.484. The van der Waals surface area contributed by atoms with Gasteiger partial charge in [-0.3, -0.25) is 4.79 Å². The molecule has 0 aromatic heterocycles. The molecule has 4 aliphatic carbocycles. The van der Waals surface area contributed by atoms with Gasteiger partial charge in [-0.2, -0.15) is 0 Å². The summed E-state index contributed by atoms with van der Waals surface area (Å²) in [4.78, 5) is 23.2. The molecule has 4 saturated carbocycles. The zero-order valence-corrected chi connectivity index (χ0v) is 22.9. The SMILES string of the molecule is CC(=O)O[C@H]1CC[C@@]2(C)[C@H](C1)/C(=N/[N+](=O)[O-])C[C@@H]1[C@@H]2CC[C@]2(C)[C@@H](C(C)CCCC(C)C)CC[C@@H]12. The number of ether oxygens (including phenoxy) is 1. The first-order valence-electron chi connectivity index (χ1n) is 14.3. The second kappa shape index (κ2) is 10.1. The van der Waals surface area contributed by atoms with Crippen molar-refractivity contribution in [2.24, 2.45) is 57.4 Å². The van der Waals surface area contributed by atoms with Crippen molar-refractivity contribution in [1.82, 2.24) is 0 Å². The molecule has 0 heterocycles. The number of hydrazone groups is 1. The molecule has 0 aromatic rings. The fourth-order valence-corrected chi connectivity index (χ4v) is 9.61. The number of nitro groups is 1. The molecule has 4 fully saturated rings. The number of nitrogens with zero attached hydrogens (tertiary/aromatic N) is 2. The maximum absolute atomic E-state index is 11.6. The maximum Gasteiger partial charge on any atom is 0.302 e. The minimum absolute atomic E-state index is 0.0106. The summed E-state index contributed by atoms with van der Waals surface area (Å²) in [5.74, 6) is 3.80. The second-order valence-electron chi connectivity index (χ2n) is 13.5. The summed E-state index contributed by atoms with van der Waals surface area (Å²) in [6.45, 7) is 13.5. The normalized spacial score (nSPS) is 42.8. The summed E-state index contributed by atoms with van der Waals surface area (Å²) in [7, 11) is 0. The smallest absolute Gasteiger partial charge is 0.302 e. The van der Waals surface area contributed by atoms with E-state index in [1.165, 1.54) is 51.9 Å². The summed E-state index contributed by atoms with van der Waals surface area (Å²) in [6.07, 6.45) is 12.2. The van der Waals surface area contributed by atoms with Gasteiger partial charge in [0.25, 0.3) is 0 Å². The predicted octanol–water partition coefficient (Wildman–Crippen LogP) is 7.28. The zero-order valence-electron chi connectivity index (χ0n) is 22.9. The Bertz CT molecular complexity index is 841. The highest BCUT2D eigenvalue weighted by atomic mass is 16.7. The monoisotopic (exact) mass is 488 g/mol. The number of carbonyl (C=O) groups excluding carboxylic acids is 1. The molecular formula is C29H48N2O4. The van der Waals surface area contributed by atoms with E-state index in [4.69, 9.17) is 4.74 Å². The lowest BCUT2D eigenvalue weighted by atomic mass is 9.44. The number of carbonyl (C=O) groups is 1. The Hall–Kier alpha value is -1.46. The van der Waals surface area contributed by atoms with Gasteiger partial charge in [-0.05, 0) is 97.7 Å². The summed E-state index contributed by atoms with van der Waals surface area (Å²) in [5.41, 5.74) is 1.13. The van der Waals surface area contributed by atoms with Crippen molar-refractivity contribution in [2.45, 2.75) is 118 Å². The highest BCUT2D eigenvalue weighted by Gasteiger charge is 2.62. The second-order valence-corrected chi connectivity index (χ2v) is 13.5. The van der Waals surface area contributed by atoms with Crippen molar-refractivity contribution < 1.29 is 14.6 Å². The molecule has 0 aliphatic heterocycles. The Labute approximate surface area is 212 Å². The van der Waals surface area contributed by atoms with Crippen LogP contribution in [-0.2, 0) is 9.53 Å². The van der Waals surface area contributed by atoms with E-state index in [2.05, 4.69) is 39.7 Å². The molecule has 6 heteroatoms. The van der Waals surface area contributed by atoms with Gasteiger partial charge in [0, 0.05) is 12.8 Å². The topological polar surface area (TPSA) is 81.8 Å². The van der Waals surface area contributed by atoms with Crippen LogP contribution in [-0.4, -0.2) is 22.8 Å². The molecule has 35 heavy (non-hydrogen) atoms. The first kappa shape index (κ1) is 26.6. The molecule has 4 aliphatic rings. The summed E-state index contributed by atoms with van der Waals surface area (Å²) in [6, 6.07) is 0. The van der Waals surface area contributed by atoms with Gasteiger partial charge in [-0.25, -0.2) is 10.1 Å². The van der Waals surface area contributed by atoms with Gasteiger partial charge < -0.3 is 4.74 Å². The van der Waals surface area contributed by atoms with E-state index >= 15 is 0 Å². The van der Waals surface area contributed by atoms with E-state index in [1.807, 2.05) is 0 Å². The van der Waals surface area contributed by atoms with Gasteiger partial charge in [-0.15, -0.1) is 0 Å². The Morgan fingerprint density at radius 2 is 1.77 bits per heavy atom. The van der Waals surface area contributed by atoms with Crippen molar-refractivity contribution in [3.05, 3.63) is 10.1 Å². The zero-order chi connectivity index (χ0) is 25.5. The predicted molar refractivity (Wildman–Crippen MR) is 138 cm³/mol. The van der Waals surface area contributed by atoms with Crippen LogP contribution in [0.4, 0.5) is 0 Å². The van der Waals surface area contributed by atoms with Gasteiger partial charge in [-0.1, -0.05) is 53.9 Å². The first-order chi connectivity index (χ1) is 16.5. The molecule has 0 amide bonds. The van der Waals surface area contributed by atoms with Gasteiger partial charge in [0.05, 0.1) is 10.8 Å². The molecule has 9 atom stereocenters. The number of hydrogen-bond acceptors (Lipinski definition) is 4. The van der Waals surface area contributed by atoms with Crippen LogP contribution in [0.1, 0.15) is 112 Å². The minimum Gasteiger partial charge on any atom is -0.463 e. The van der Waals surface area contributed by atoms with E-state index in [0.29, 0.717) is 29.6 Å².